The van der Waals surface area contributed by atoms with Gasteiger partial charge in [0.05, 0.1) is 11.9 Å². The maximum Gasteiger partial charge on any atom is 2.00 e. The SMILES string of the molecule is CCCCCCCCCCCCC(C(=O)[O-])C(=O)[O-].[Mg+2]. The predicted octanol–water partition coefficient (Wildman–Crippen LogP) is 1.03. The summed E-state index contributed by atoms with van der Waals surface area (Å²) < 4.78 is 0. The van der Waals surface area contributed by atoms with Crippen molar-refractivity contribution in [1.82, 2.24) is 0 Å². The van der Waals surface area contributed by atoms with Gasteiger partial charge in [-0.1, -0.05) is 71.1 Å². The summed E-state index contributed by atoms with van der Waals surface area (Å²) in [5.41, 5.74) is 0. The molecule has 0 unspecified atom stereocenters. The average molecular weight is 295 g/mol. The standard InChI is InChI=1S/C15H28O4.Mg/c1-2-3-4-5-6-7-8-9-10-11-12-13(14(16)17)15(18)19;/h13H,2-12H2,1H3,(H,16,17)(H,18,19);/q;+2/p-2. The number of hydrogen-bond donors (Lipinski definition) is 0. The van der Waals surface area contributed by atoms with E-state index in [4.69, 9.17) is 0 Å². The number of carboxylic acids is 2. The van der Waals surface area contributed by atoms with Crippen LogP contribution in [0.1, 0.15) is 77.6 Å². The fraction of sp³-hybridized carbons (Fsp3) is 0.867. The molecular formula is C15H26MgO4. The molecule has 0 aromatic carbocycles. The summed E-state index contributed by atoms with van der Waals surface area (Å²) in [5, 5.41) is 21.0. The largest absolute Gasteiger partial charge is 2.00 e. The second-order valence-corrected chi connectivity index (χ2v) is 5.16. The number of carbonyl (C=O) groups excluding carboxylic acids is 2. The summed E-state index contributed by atoms with van der Waals surface area (Å²) in [5.74, 6) is -4.51. The average Bonchev–Trinajstić information content (AvgIpc) is 2.35. The van der Waals surface area contributed by atoms with Gasteiger partial charge < -0.3 is 19.8 Å². The smallest absolute Gasteiger partial charge is 0.549 e. The van der Waals surface area contributed by atoms with Gasteiger partial charge in [0.2, 0.25) is 0 Å². The molecule has 0 saturated heterocycles. The summed E-state index contributed by atoms with van der Waals surface area (Å²) in [6.45, 7) is 2.20. The third-order valence-electron chi connectivity index (χ3n) is 3.42. The van der Waals surface area contributed by atoms with E-state index in [9.17, 15) is 19.8 Å². The molecule has 0 aliphatic rings. The van der Waals surface area contributed by atoms with E-state index in [1.807, 2.05) is 0 Å². The summed E-state index contributed by atoms with van der Waals surface area (Å²) in [6, 6.07) is 0. The van der Waals surface area contributed by atoms with Crippen LogP contribution in [0.15, 0.2) is 0 Å². The van der Waals surface area contributed by atoms with Crippen molar-refractivity contribution >= 4 is 35.0 Å². The zero-order valence-corrected chi connectivity index (χ0v) is 14.1. The Morgan fingerprint density at radius 3 is 1.45 bits per heavy atom. The quantitative estimate of drug-likeness (QED) is 0.289. The molecule has 0 atom stereocenters. The number of carboxylic acid groups (broad SMARTS) is 2. The molecule has 0 amide bonds. The Bertz CT molecular complexity index is 242. The second-order valence-electron chi connectivity index (χ2n) is 5.16. The summed E-state index contributed by atoms with van der Waals surface area (Å²) in [7, 11) is 0. The number of carbonyl (C=O) groups is 2. The molecule has 0 aliphatic heterocycles. The van der Waals surface area contributed by atoms with Crippen LogP contribution in [0.4, 0.5) is 0 Å². The minimum Gasteiger partial charge on any atom is -0.549 e. The van der Waals surface area contributed by atoms with Gasteiger partial charge in [-0.2, -0.15) is 0 Å². The Hall–Kier alpha value is -0.294. The van der Waals surface area contributed by atoms with Crippen LogP contribution in [0.3, 0.4) is 0 Å². The summed E-state index contributed by atoms with van der Waals surface area (Å²) >= 11 is 0. The first-order valence-electron chi connectivity index (χ1n) is 7.51. The molecular weight excluding hydrogens is 268 g/mol. The topological polar surface area (TPSA) is 80.3 Å². The minimum atomic E-state index is -1.53. The molecule has 112 valence electrons. The van der Waals surface area contributed by atoms with Crippen LogP contribution in [-0.2, 0) is 9.59 Å². The van der Waals surface area contributed by atoms with E-state index < -0.39 is 17.9 Å². The first kappa shape index (κ1) is 22.0. The molecule has 0 bridgehead atoms. The van der Waals surface area contributed by atoms with Crippen LogP contribution in [0.2, 0.25) is 0 Å². The Labute approximate surface area is 138 Å². The normalized spacial score (nSPS) is 10.3. The van der Waals surface area contributed by atoms with Crippen molar-refractivity contribution in [2.24, 2.45) is 5.92 Å². The van der Waals surface area contributed by atoms with E-state index in [-0.39, 0.29) is 29.5 Å². The zero-order valence-electron chi connectivity index (χ0n) is 12.7. The van der Waals surface area contributed by atoms with Crippen LogP contribution in [0, 0.1) is 5.92 Å². The van der Waals surface area contributed by atoms with Crippen LogP contribution in [0.5, 0.6) is 0 Å². The van der Waals surface area contributed by atoms with Crippen molar-refractivity contribution in [2.75, 3.05) is 0 Å². The molecule has 0 aliphatic carbocycles. The predicted molar refractivity (Wildman–Crippen MR) is 75.7 cm³/mol. The molecule has 0 N–H and O–H groups in total. The summed E-state index contributed by atoms with van der Waals surface area (Å²) in [4.78, 5) is 21.0. The fourth-order valence-electron chi connectivity index (χ4n) is 2.17. The van der Waals surface area contributed by atoms with Crippen molar-refractivity contribution in [2.45, 2.75) is 77.6 Å². The maximum absolute atomic E-state index is 10.5. The molecule has 0 spiro atoms. The maximum atomic E-state index is 10.5. The molecule has 0 fully saturated rings. The van der Waals surface area contributed by atoms with Crippen molar-refractivity contribution in [1.29, 1.82) is 0 Å². The van der Waals surface area contributed by atoms with Crippen LogP contribution in [0.25, 0.3) is 0 Å². The molecule has 0 rings (SSSR count). The van der Waals surface area contributed by atoms with Gasteiger partial charge in [-0.15, -0.1) is 0 Å². The van der Waals surface area contributed by atoms with Crippen LogP contribution < -0.4 is 10.2 Å². The van der Waals surface area contributed by atoms with Gasteiger partial charge in [0.15, 0.2) is 0 Å². The van der Waals surface area contributed by atoms with Crippen molar-refractivity contribution < 1.29 is 19.8 Å². The van der Waals surface area contributed by atoms with Gasteiger partial charge in [-0.25, -0.2) is 0 Å². The molecule has 0 saturated carbocycles. The molecule has 0 radical (unpaired) electrons. The Morgan fingerprint density at radius 1 is 0.750 bits per heavy atom. The third-order valence-corrected chi connectivity index (χ3v) is 3.42. The van der Waals surface area contributed by atoms with Gasteiger partial charge in [-0.05, 0) is 6.42 Å². The van der Waals surface area contributed by atoms with E-state index in [1.54, 1.807) is 0 Å². The van der Waals surface area contributed by atoms with Gasteiger partial charge in [0.25, 0.3) is 0 Å². The number of unbranched alkanes of at least 4 members (excludes halogenated alkanes) is 9. The van der Waals surface area contributed by atoms with Gasteiger partial charge in [0, 0.05) is 5.92 Å². The molecule has 0 aromatic rings. The van der Waals surface area contributed by atoms with Gasteiger partial charge >= 0.3 is 23.1 Å². The van der Waals surface area contributed by atoms with Crippen molar-refractivity contribution in [3.8, 4) is 0 Å². The molecule has 0 heterocycles. The van der Waals surface area contributed by atoms with E-state index >= 15 is 0 Å². The van der Waals surface area contributed by atoms with E-state index in [2.05, 4.69) is 6.92 Å². The fourth-order valence-corrected chi connectivity index (χ4v) is 2.17. The van der Waals surface area contributed by atoms with Crippen LogP contribution in [-0.4, -0.2) is 35.0 Å². The van der Waals surface area contributed by atoms with Crippen molar-refractivity contribution in [3.63, 3.8) is 0 Å². The second kappa shape index (κ2) is 15.1. The first-order valence-corrected chi connectivity index (χ1v) is 7.51. The third kappa shape index (κ3) is 12.7. The summed E-state index contributed by atoms with van der Waals surface area (Å²) in [6.07, 6.45) is 11.5. The van der Waals surface area contributed by atoms with Crippen LogP contribution >= 0.6 is 0 Å². The van der Waals surface area contributed by atoms with Crippen molar-refractivity contribution in [3.05, 3.63) is 0 Å². The van der Waals surface area contributed by atoms with Gasteiger partial charge in [0.1, 0.15) is 0 Å². The van der Waals surface area contributed by atoms with E-state index in [0.29, 0.717) is 6.42 Å². The number of aliphatic carboxylic acids is 2. The molecule has 20 heavy (non-hydrogen) atoms. The zero-order chi connectivity index (χ0) is 14.5. The Kier molecular flexibility index (Phi) is 16.6. The van der Waals surface area contributed by atoms with E-state index in [1.165, 1.54) is 38.5 Å². The van der Waals surface area contributed by atoms with E-state index in [0.717, 1.165) is 19.3 Å². The number of rotatable bonds is 13. The molecule has 5 heteroatoms. The first-order chi connectivity index (χ1) is 9.09. The van der Waals surface area contributed by atoms with Gasteiger partial charge in [-0.3, -0.25) is 0 Å². The Balaban J connectivity index is 0. The molecule has 4 nitrogen and oxygen atoms in total. The monoisotopic (exact) mass is 294 g/mol. The molecule has 0 aromatic heterocycles. The number of hydrogen-bond acceptors (Lipinski definition) is 4. The minimum absolute atomic E-state index is 0. The Morgan fingerprint density at radius 2 is 1.10 bits per heavy atom.